The lowest BCUT2D eigenvalue weighted by Gasteiger charge is -2.20. The monoisotopic (exact) mass is 534 g/mol. The van der Waals surface area contributed by atoms with Gasteiger partial charge in [0.25, 0.3) is 0 Å². The molecule has 3 nitrogen and oxygen atoms in total. The van der Waals surface area contributed by atoms with Crippen LogP contribution in [0, 0.1) is 0 Å². The molecule has 3 aromatic rings. The van der Waals surface area contributed by atoms with Crippen LogP contribution >= 0.6 is 44.3 Å². The first-order valence-electron chi connectivity index (χ1n) is 9.23. The maximum absolute atomic E-state index is 5.83. The molecule has 2 atom stereocenters. The minimum Gasteiger partial charge on any atom is -0.493 e. The van der Waals surface area contributed by atoms with E-state index in [1.54, 1.807) is 0 Å². The third-order valence-corrected chi connectivity index (χ3v) is 5.82. The summed E-state index contributed by atoms with van der Waals surface area (Å²) in [5.41, 5.74) is 3.36. The van der Waals surface area contributed by atoms with E-state index in [1.165, 1.54) is 11.1 Å². The number of nitrogens with zero attached hydrogens (tertiary/aromatic N) is 1. The molecule has 0 spiro atoms. The minimum absolute atomic E-state index is 0. The van der Waals surface area contributed by atoms with Crippen molar-refractivity contribution in [3.8, 4) is 5.75 Å². The Morgan fingerprint density at radius 2 is 1.45 bits per heavy atom. The number of aliphatic imine (C=N–C) groups is 1. The SMILES string of the molecule is CCOc1ccccc1C1=NC(c2ccc(Br)cc2)C(c2ccc(Br)cc2)N1.Cl. The summed E-state index contributed by atoms with van der Waals surface area (Å²) >= 11 is 7.05. The number of ether oxygens (including phenoxy) is 1. The van der Waals surface area contributed by atoms with Gasteiger partial charge in [-0.05, 0) is 54.4 Å². The van der Waals surface area contributed by atoms with E-state index in [-0.39, 0.29) is 24.5 Å². The molecule has 0 saturated heterocycles. The number of benzene rings is 3. The number of rotatable bonds is 5. The summed E-state index contributed by atoms with van der Waals surface area (Å²) in [7, 11) is 0. The van der Waals surface area contributed by atoms with Gasteiger partial charge in [0.05, 0.1) is 18.2 Å². The second kappa shape index (κ2) is 9.79. The molecule has 0 aromatic heterocycles. The summed E-state index contributed by atoms with van der Waals surface area (Å²) in [5.74, 6) is 1.71. The fourth-order valence-electron chi connectivity index (χ4n) is 3.43. The molecule has 1 aliphatic heterocycles. The lowest BCUT2D eigenvalue weighted by atomic mass is 9.95. The van der Waals surface area contributed by atoms with Crippen LogP contribution in [0.1, 0.15) is 35.7 Å². The van der Waals surface area contributed by atoms with Crippen molar-refractivity contribution in [3.05, 3.63) is 98.4 Å². The quantitative estimate of drug-likeness (QED) is 0.386. The van der Waals surface area contributed by atoms with Gasteiger partial charge >= 0.3 is 0 Å². The van der Waals surface area contributed by atoms with Crippen molar-refractivity contribution in [1.29, 1.82) is 0 Å². The molecule has 0 aliphatic carbocycles. The highest BCUT2D eigenvalue weighted by Crippen LogP contribution is 2.38. The first kappa shape index (κ1) is 21.9. The van der Waals surface area contributed by atoms with Crippen LogP contribution in [0.2, 0.25) is 0 Å². The highest BCUT2D eigenvalue weighted by molar-refractivity contribution is 9.10. The van der Waals surface area contributed by atoms with Crippen LogP contribution in [0.3, 0.4) is 0 Å². The molecular formula is C23H21Br2ClN2O. The molecule has 2 unspecified atom stereocenters. The summed E-state index contributed by atoms with van der Waals surface area (Å²) in [4.78, 5) is 5.08. The zero-order chi connectivity index (χ0) is 19.5. The van der Waals surface area contributed by atoms with Gasteiger partial charge in [0.2, 0.25) is 0 Å². The maximum atomic E-state index is 5.83. The van der Waals surface area contributed by atoms with Crippen LogP contribution in [0.15, 0.2) is 86.7 Å². The Morgan fingerprint density at radius 1 is 0.862 bits per heavy atom. The van der Waals surface area contributed by atoms with Gasteiger partial charge in [-0.15, -0.1) is 12.4 Å². The maximum Gasteiger partial charge on any atom is 0.133 e. The zero-order valence-electron chi connectivity index (χ0n) is 15.8. The molecule has 4 rings (SSSR count). The van der Waals surface area contributed by atoms with Crippen LogP contribution in [0.4, 0.5) is 0 Å². The number of para-hydroxylation sites is 1. The van der Waals surface area contributed by atoms with Crippen molar-refractivity contribution in [2.24, 2.45) is 4.99 Å². The van der Waals surface area contributed by atoms with Gasteiger partial charge in [0, 0.05) is 8.95 Å². The van der Waals surface area contributed by atoms with Crippen molar-refractivity contribution in [3.63, 3.8) is 0 Å². The third-order valence-electron chi connectivity index (χ3n) is 4.76. The predicted molar refractivity (Wildman–Crippen MR) is 128 cm³/mol. The summed E-state index contributed by atoms with van der Waals surface area (Å²) < 4.78 is 7.96. The lowest BCUT2D eigenvalue weighted by molar-refractivity contribution is 0.339. The number of nitrogens with one attached hydrogen (secondary N) is 1. The van der Waals surface area contributed by atoms with Gasteiger partial charge in [-0.2, -0.15) is 0 Å². The lowest BCUT2D eigenvalue weighted by Crippen LogP contribution is -2.25. The molecule has 6 heteroatoms. The van der Waals surface area contributed by atoms with Crippen molar-refractivity contribution in [2.75, 3.05) is 6.61 Å². The smallest absolute Gasteiger partial charge is 0.133 e. The minimum atomic E-state index is -0.0149. The average molecular weight is 537 g/mol. The van der Waals surface area contributed by atoms with Crippen molar-refractivity contribution < 1.29 is 4.74 Å². The highest BCUT2D eigenvalue weighted by atomic mass is 79.9. The number of amidine groups is 1. The molecule has 0 bridgehead atoms. The molecule has 29 heavy (non-hydrogen) atoms. The molecule has 1 heterocycles. The fourth-order valence-corrected chi connectivity index (χ4v) is 3.96. The predicted octanol–water partition coefficient (Wildman–Crippen LogP) is 6.86. The van der Waals surface area contributed by atoms with Crippen LogP contribution in [0.5, 0.6) is 5.75 Å². The van der Waals surface area contributed by atoms with Gasteiger partial charge in [-0.3, -0.25) is 4.99 Å². The highest BCUT2D eigenvalue weighted by Gasteiger charge is 2.32. The van der Waals surface area contributed by atoms with Crippen LogP contribution in [-0.4, -0.2) is 12.4 Å². The van der Waals surface area contributed by atoms with Gasteiger partial charge in [0.1, 0.15) is 17.6 Å². The second-order valence-corrected chi connectivity index (χ2v) is 8.41. The Kier molecular flexibility index (Phi) is 7.38. The largest absolute Gasteiger partial charge is 0.493 e. The topological polar surface area (TPSA) is 33.6 Å². The van der Waals surface area contributed by atoms with Crippen molar-refractivity contribution in [1.82, 2.24) is 5.32 Å². The van der Waals surface area contributed by atoms with Crippen LogP contribution in [-0.2, 0) is 0 Å². The molecule has 150 valence electrons. The van der Waals surface area contributed by atoms with E-state index in [1.807, 2.05) is 25.1 Å². The molecule has 0 radical (unpaired) electrons. The van der Waals surface area contributed by atoms with Gasteiger partial charge in [0.15, 0.2) is 0 Å². The summed E-state index contributed by atoms with van der Waals surface area (Å²) in [6.07, 6.45) is 0. The van der Waals surface area contributed by atoms with E-state index in [0.29, 0.717) is 6.61 Å². The summed E-state index contributed by atoms with van der Waals surface area (Å²) in [6, 6.07) is 24.9. The first-order chi connectivity index (χ1) is 13.7. The van der Waals surface area contributed by atoms with Gasteiger partial charge < -0.3 is 10.1 Å². The average Bonchev–Trinajstić information content (AvgIpc) is 3.15. The number of hydrogen-bond donors (Lipinski definition) is 1. The van der Waals surface area contributed by atoms with E-state index in [2.05, 4.69) is 91.8 Å². The fraction of sp³-hybridized carbons (Fsp3) is 0.174. The van der Waals surface area contributed by atoms with Gasteiger partial charge in [-0.1, -0.05) is 68.3 Å². The Bertz CT molecular complexity index is 991. The van der Waals surface area contributed by atoms with E-state index in [9.17, 15) is 0 Å². The molecular weight excluding hydrogens is 516 g/mol. The molecule has 1 aliphatic rings. The second-order valence-electron chi connectivity index (χ2n) is 6.58. The van der Waals surface area contributed by atoms with Crippen molar-refractivity contribution in [2.45, 2.75) is 19.0 Å². The molecule has 0 amide bonds. The standard InChI is InChI=1S/C23H20Br2N2O.ClH/c1-2-28-20-6-4-3-5-19(20)23-26-21(15-7-11-17(24)12-8-15)22(27-23)16-9-13-18(25)14-10-16;/h3-14,21-22H,2H2,1H3,(H,26,27);1H. The normalized spacial score (nSPS) is 17.8. The van der Waals surface area contributed by atoms with Crippen LogP contribution in [0.25, 0.3) is 0 Å². The molecule has 1 N–H and O–H groups in total. The zero-order valence-corrected chi connectivity index (χ0v) is 19.8. The van der Waals surface area contributed by atoms with Gasteiger partial charge in [-0.25, -0.2) is 0 Å². The Morgan fingerprint density at radius 3 is 2.07 bits per heavy atom. The number of halogens is 3. The number of hydrogen-bond acceptors (Lipinski definition) is 3. The summed E-state index contributed by atoms with van der Waals surface area (Å²) in [5, 5.41) is 3.65. The molecule has 3 aromatic carbocycles. The Hall–Kier alpha value is -1.82. The van der Waals surface area contributed by atoms with E-state index < -0.39 is 0 Å². The van der Waals surface area contributed by atoms with Crippen molar-refractivity contribution >= 4 is 50.1 Å². The molecule has 0 fully saturated rings. The van der Waals surface area contributed by atoms with E-state index >= 15 is 0 Å². The Labute approximate surface area is 194 Å². The van der Waals surface area contributed by atoms with E-state index in [0.717, 1.165) is 26.1 Å². The van der Waals surface area contributed by atoms with Crippen LogP contribution < -0.4 is 10.1 Å². The third kappa shape index (κ3) is 4.85. The first-order valence-corrected chi connectivity index (χ1v) is 10.8. The van der Waals surface area contributed by atoms with E-state index in [4.69, 9.17) is 9.73 Å². The summed E-state index contributed by atoms with van der Waals surface area (Å²) in [6.45, 7) is 2.62. The Balaban J connectivity index is 0.00000240. The molecule has 0 saturated carbocycles.